The Bertz CT molecular complexity index is 265. The van der Waals surface area contributed by atoms with Crippen LogP contribution >= 0.6 is 0 Å². The lowest BCUT2D eigenvalue weighted by Gasteiger charge is -2.10. The van der Waals surface area contributed by atoms with Gasteiger partial charge in [0.2, 0.25) is 0 Å². The predicted molar refractivity (Wildman–Crippen MR) is 54.4 cm³/mol. The van der Waals surface area contributed by atoms with Gasteiger partial charge in [-0.15, -0.1) is 6.58 Å². The summed E-state index contributed by atoms with van der Waals surface area (Å²) in [5, 5.41) is 3.35. The highest BCUT2D eigenvalue weighted by atomic mass is 15.0. The van der Waals surface area contributed by atoms with Crippen molar-refractivity contribution < 1.29 is 0 Å². The molecule has 0 aliphatic carbocycles. The molecule has 1 N–H and O–H groups in total. The Morgan fingerprint density at radius 1 is 1.77 bits per heavy atom. The number of hydrogen-bond donors (Lipinski definition) is 1. The zero-order chi connectivity index (χ0) is 9.68. The number of aryl methyl sites for hydroxylation is 1. The molecule has 0 bridgehead atoms. The van der Waals surface area contributed by atoms with Crippen molar-refractivity contribution in [1.82, 2.24) is 14.9 Å². The molecular weight excluding hydrogens is 162 g/mol. The summed E-state index contributed by atoms with van der Waals surface area (Å²) in [7, 11) is 1.97. The van der Waals surface area contributed by atoms with Crippen molar-refractivity contribution in [1.29, 1.82) is 0 Å². The van der Waals surface area contributed by atoms with Crippen LogP contribution in [0.15, 0.2) is 25.2 Å². The van der Waals surface area contributed by atoms with E-state index in [2.05, 4.69) is 23.8 Å². The van der Waals surface area contributed by atoms with Crippen molar-refractivity contribution >= 4 is 0 Å². The highest BCUT2D eigenvalue weighted by molar-refractivity contribution is 5.09. The van der Waals surface area contributed by atoms with E-state index in [0.717, 1.165) is 18.7 Å². The first-order valence-electron chi connectivity index (χ1n) is 4.61. The molecule has 0 spiro atoms. The number of imidazole rings is 1. The van der Waals surface area contributed by atoms with Crippen molar-refractivity contribution in [2.24, 2.45) is 7.05 Å². The van der Waals surface area contributed by atoms with Gasteiger partial charge in [0.15, 0.2) is 0 Å². The first kappa shape index (κ1) is 9.99. The molecule has 0 saturated carbocycles. The standard InChI is InChI=1S/C10H17N3/c1-4-6-11-9(5-2)10-7-13(3)8-12-10/h5,7-9,11H,2,4,6H2,1,3H3. The van der Waals surface area contributed by atoms with Crippen molar-refractivity contribution in [2.45, 2.75) is 19.4 Å². The third kappa shape index (κ3) is 2.70. The van der Waals surface area contributed by atoms with Gasteiger partial charge >= 0.3 is 0 Å². The summed E-state index contributed by atoms with van der Waals surface area (Å²) in [5.41, 5.74) is 1.03. The van der Waals surface area contributed by atoms with Gasteiger partial charge in [-0.1, -0.05) is 13.0 Å². The predicted octanol–water partition coefficient (Wildman–Crippen LogP) is 1.65. The normalized spacial score (nSPS) is 12.8. The molecule has 1 atom stereocenters. The molecule has 0 aliphatic heterocycles. The molecule has 13 heavy (non-hydrogen) atoms. The second kappa shape index (κ2) is 4.82. The maximum Gasteiger partial charge on any atom is 0.0947 e. The molecule has 0 amide bonds. The molecule has 0 radical (unpaired) electrons. The molecule has 1 rings (SSSR count). The number of aromatic nitrogens is 2. The molecule has 3 heteroatoms. The number of nitrogens with one attached hydrogen (secondary N) is 1. The first-order chi connectivity index (χ1) is 6.27. The SMILES string of the molecule is C=CC(NCCC)c1cn(C)cn1. The highest BCUT2D eigenvalue weighted by Gasteiger charge is 2.07. The van der Waals surface area contributed by atoms with Crippen LogP contribution in [0.5, 0.6) is 0 Å². The fourth-order valence-electron chi connectivity index (χ4n) is 1.20. The van der Waals surface area contributed by atoms with E-state index in [0.29, 0.717) is 0 Å². The summed E-state index contributed by atoms with van der Waals surface area (Å²) in [6.07, 6.45) is 6.82. The lowest BCUT2D eigenvalue weighted by molar-refractivity contribution is 0.603. The maximum atomic E-state index is 4.27. The average Bonchev–Trinajstić information content (AvgIpc) is 2.54. The monoisotopic (exact) mass is 179 g/mol. The van der Waals surface area contributed by atoms with Gasteiger partial charge in [-0.2, -0.15) is 0 Å². The fraction of sp³-hybridized carbons (Fsp3) is 0.500. The lowest BCUT2D eigenvalue weighted by atomic mass is 10.2. The molecule has 0 aromatic carbocycles. The van der Waals surface area contributed by atoms with Gasteiger partial charge in [-0.3, -0.25) is 0 Å². The Morgan fingerprint density at radius 3 is 3.00 bits per heavy atom. The van der Waals surface area contributed by atoms with E-state index in [4.69, 9.17) is 0 Å². The third-order valence-corrected chi connectivity index (χ3v) is 1.89. The fourth-order valence-corrected chi connectivity index (χ4v) is 1.20. The summed E-state index contributed by atoms with van der Waals surface area (Å²) in [6, 6.07) is 0.182. The van der Waals surface area contributed by atoms with Crippen LogP contribution in [-0.2, 0) is 7.05 Å². The molecule has 0 fully saturated rings. The molecule has 1 aromatic heterocycles. The van der Waals surface area contributed by atoms with Crippen LogP contribution in [-0.4, -0.2) is 16.1 Å². The quantitative estimate of drug-likeness (QED) is 0.696. The van der Waals surface area contributed by atoms with E-state index in [1.165, 1.54) is 0 Å². The smallest absolute Gasteiger partial charge is 0.0947 e. The highest BCUT2D eigenvalue weighted by Crippen LogP contribution is 2.10. The minimum absolute atomic E-state index is 0.182. The zero-order valence-electron chi connectivity index (χ0n) is 8.33. The van der Waals surface area contributed by atoms with Crippen LogP contribution in [0.25, 0.3) is 0 Å². The summed E-state index contributed by atoms with van der Waals surface area (Å²) in [5.74, 6) is 0. The van der Waals surface area contributed by atoms with Crippen LogP contribution in [0.3, 0.4) is 0 Å². The van der Waals surface area contributed by atoms with E-state index in [9.17, 15) is 0 Å². The van der Waals surface area contributed by atoms with Gasteiger partial charge < -0.3 is 9.88 Å². The van der Waals surface area contributed by atoms with Gasteiger partial charge in [0.1, 0.15) is 0 Å². The van der Waals surface area contributed by atoms with Gasteiger partial charge in [0.25, 0.3) is 0 Å². The molecule has 1 heterocycles. The second-order valence-corrected chi connectivity index (χ2v) is 3.13. The van der Waals surface area contributed by atoms with E-state index < -0.39 is 0 Å². The lowest BCUT2D eigenvalue weighted by Crippen LogP contribution is -2.20. The van der Waals surface area contributed by atoms with Crippen LogP contribution in [0.1, 0.15) is 25.1 Å². The van der Waals surface area contributed by atoms with Crippen LogP contribution < -0.4 is 5.32 Å². The molecule has 3 nitrogen and oxygen atoms in total. The summed E-state index contributed by atoms with van der Waals surface area (Å²) >= 11 is 0. The molecule has 1 unspecified atom stereocenters. The Balaban J connectivity index is 2.61. The number of nitrogens with zero attached hydrogens (tertiary/aromatic N) is 2. The summed E-state index contributed by atoms with van der Waals surface area (Å²) < 4.78 is 1.94. The van der Waals surface area contributed by atoms with Gasteiger partial charge in [-0.25, -0.2) is 4.98 Å². The molecule has 0 saturated heterocycles. The van der Waals surface area contributed by atoms with Gasteiger partial charge in [0.05, 0.1) is 18.1 Å². The van der Waals surface area contributed by atoms with Crippen LogP contribution in [0.2, 0.25) is 0 Å². The molecule has 0 aliphatic rings. The van der Waals surface area contributed by atoms with E-state index in [1.807, 2.05) is 23.9 Å². The minimum atomic E-state index is 0.182. The van der Waals surface area contributed by atoms with E-state index in [1.54, 1.807) is 6.33 Å². The molecule has 72 valence electrons. The Kier molecular flexibility index (Phi) is 3.71. The Hall–Kier alpha value is -1.09. The van der Waals surface area contributed by atoms with Crippen LogP contribution in [0, 0.1) is 0 Å². The van der Waals surface area contributed by atoms with E-state index in [-0.39, 0.29) is 6.04 Å². The minimum Gasteiger partial charge on any atom is -0.340 e. The maximum absolute atomic E-state index is 4.27. The summed E-state index contributed by atoms with van der Waals surface area (Å²) in [6.45, 7) is 6.93. The van der Waals surface area contributed by atoms with Crippen LogP contribution in [0.4, 0.5) is 0 Å². The Morgan fingerprint density at radius 2 is 2.54 bits per heavy atom. The summed E-state index contributed by atoms with van der Waals surface area (Å²) in [4.78, 5) is 4.27. The second-order valence-electron chi connectivity index (χ2n) is 3.13. The van der Waals surface area contributed by atoms with Crippen molar-refractivity contribution in [3.8, 4) is 0 Å². The third-order valence-electron chi connectivity index (χ3n) is 1.89. The molecular formula is C10H17N3. The number of rotatable bonds is 5. The topological polar surface area (TPSA) is 29.9 Å². The number of hydrogen-bond acceptors (Lipinski definition) is 2. The van der Waals surface area contributed by atoms with Gasteiger partial charge in [-0.05, 0) is 13.0 Å². The molecule has 1 aromatic rings. The van der Waals surface area contributed by atoms with Crippen molar-refractivity contribution in [2.75, 3.05) is 6.54 Å². The Labute approximate surface area is 79.5 Å². The van der Waals surface area contributed by atoms with E-state index >= 15 is 0 Å². The average molecular weight is 179 g/mol. The first-order valence-corrected chi connectivity index (χ1v) is 4.61. The van der Waals surface area contributed by atoms with Gasteiger partial charge in [0, 0.05) is 13.2 Å². The zero-order valence-corrected chi connectivity index (χ0v) is 8.33. The van der Waals surface area contributed by atoms with Crippen molar-refractivity contribution in [3.05, 3.63) is 30.9 Å². The van der Waals surface area contributed by atoms with Crippen molar-refractivity contribution in [3.63, 3.8) is 0 Å². The largest absolute Gasteiger partial charge is 0.340 e.